The van der Waals surface area contributed by atoms with E-state index in [1.807, 2.05) is 89.2 Å². The molecule has 3 aromatic rings. The topological polar surface area (TPSA) is 189 Å². The van der Waals surface area contributed by atoms with Gasteiger partial charge in [0.1, 0.15) is 36.9 Å². The van der Waals surface area contributed by atoms with Gasteiger partial charge in [-0.05, 0) is 90.0 Å². The number of amides is 1. The Balaban J connectivity index is 1.07. The molecule has 16 atom stereocenters. The van der Waals surface area contributed by atoms with Gasteiger partial charge < -0.3 is 43.7 Å². The maximum Gasteiger partial charge on any atom is 0.410 e. The monoisotopic (exact) mass is 978 g/mol. The Morgan fingerprint density at radius 3 is 2.40 bits per heavy atom. The summed E-state index contributed by atoms with van der Waals surface area (Å²) in [6.07, 6.45) is -0.263. The van der Waals surface area contributed by atoms with Crippen LogP contribution in [0.5, 0.6) is 0 Å². The van der Waals surface area contributed by atoms with Gasteiger partial charge in [-0.2, -0.15) is 0 Å². The molecule has 2 bridgehead atoms. The summed E-state index contributed by atoms with van der Waals surface area (Å²) in [6.45, 7) is 17.6. The largest absolute Gasteiger partial charge is 0.458 e. The van der Waals surface area contributed by atoms with E-state index in [1.54, 1.807) is 32.2 Å². The normalized spacial score (nSPS) is 35.2. The molecular formula is C52H76FN7O10. The first-order valence-electron chi connectivity index (χ1n) is 25.0. The molecule has 2 N–H and O–H groups in total. The van der Waals surface area contributed by atoms with Crippen molar-refractivity contribution in [2.45, 2.75) is 160 Å². The highest BCUT2D eigenvalue weighted by Crippen LogP contribution is 2.45. The fraction of sp³-hybridized carbons (Fsp3) is 0.692. The van der Waals surface area contributed by atoms with E-state index in [-0.39, 0.29) is 24.0 Å². The van der Waals surface area contributed by atoms with Gasteiger partial charge in [-0.3, -0.25) is 19.5 Å². The summed E-state index contributed by atoms with van der Waals surface area (Å²) in [5.74, 6) is -3.49. The van der Waals surface area contributed by atoms with Crippen molar-refractivity contribution in [2.75, 3.05) is 47.6 Å². The number of hydrogen-bond donors (Lipinski definition) is 2. The molecule has 7 rings (SSSR count). The molecule has 1 aromatic carbocycles. The molecule has 386 valence electrons. The van der Waals surface area contributed by atoms with Crippen LogP contribution in [0, 0.1) is 30.6 Å². The third-order valence-electron chi connectivity index (χ3n) is 15.9. The van der Waals surface area contributed by atoms with Crippen LogP contribution in [0.2, 0.25) is 0 Å². The van der Waals surface area contributed by atoms with Crippen molar-refractivity contribution >= 4 is 17.8 Å². The number of nitrogens with one attached hydrogen (secondary N) is 1. The lowest BCUT2D eigenvalue weighted by Gasteiger charge is -2.48. The highest BCUT2D eigenvalue weighted by molar-refractivity contribution is 6.00. The zero-order chi connectivity index (χ0) is 50.8. The summed E-state index contributed by atoms with van der Waals surface area (Å²) >= 11 is 0. The first kappa shape index (κ1) is 53.4. The average Bonchev–Trinajstić information content (AvgIpc) is 3.86. The number of aliphatic hydroxyl groups is 1. The summed E-state index contributed by atoms with van der Waals surface area (Å²) < 4.78 is 54.2. The second-order valence-corrected chi connectivity index (χ2v) is 20.7. The van der Waals surface area contributed by atoms with Gasteiger partial charge in [0.15, 0.2) is 17.7 Å². The first-order chi connectivity index (χ1) is 33.3. The number of fused-ring (bicyclic) bond motifs is 1. The van der Waals surface area contributed by atoms with Crippen molar-refractivity contribution in [3.63, 3.8) is 0 Å². The molecule has 0 aliphatic carbocycles. The molecule has 4 aliphatic heterocycles. The van der Waals surface area contributed by atoms with Crippen LogP contribution in [0.15, 0.2) is 48.8 Å². The second kappa shape index (κ2) is 22.1. The fourth-order valence-electron chi connectivity index (χ4n) is 11.9. The summed E-state index contributed by atoms with van der Waals surface area (Å²) in [7, 11) is 5.05. The smallest absolute Gasteiger partial charge is 0.410 e. The number of carbonyl (C=O) groups excluding carboxylic acids is 3. The molecule has 1 amide bonds. The number of benzene rings is 1. The molecule has 2 aromatic heterocycles. The van der Waals surface area contributed by atoms with Gasteiger partial charge in [-0.15, -0.1) is 5.10 Å². The SMILES string of the molecule is CC[C@H]1OC(=O)[C@H](C)C(=O)[C@H](C)[C@@H](O[C@@H]2O[C@H](C)C[C@H](N(C)CCc3cn([C@H](CF)[C@H](OC)c4ccc(-c5ccc(C)nc5)cc4)nn3)[C@H]2O)[C@](C)(OC)C[C@@H](C)[C@@H]2NCCN3C(=O)O[C@@]1(C)[C@H]3[C@H]2C. The van der Waals surface area contributed by atoms with Crippen LogP contribution in [0.1, 0.15) is 104 Å². The summed E-state index contributed by atoms with van der Waals surface area (Å²) in [5, 5.41) is 24.6. The number of pyridine rings is 1. The molecule has 18 heteroatoms. The molecular weight excluding hydrogens is 902 g/mol. The Kier molecular flexibility index (Phi) is 16.9. The third kappa shape index (κ3) is 10.7. The number of aliphatic hydroxyl groups excluding tert-OH is 1. The Bertz CT molecular complexity index is 2250. The lowest BCUT2D eigenvalue weighted by Crippen LogP contribution is -2.61. The molecule has 0 saturated carbocycles. The number of halogens is 1. The zero-order valence-electron chi connectivity index (χ0n) is 43.0. The molecule has 0 unspecified atom stereocenters. The van der Waals surface area contributed by atoms with Crippen molar-refractivity contribution in [3.05, 3.63) is 65.7 Å². The average molecular weight is 978 g/mol. The van der Waals surface area contributed by atoms with E-state index >= 15 is 0 Å². The minimum atomic E-state index is -1.20. The Morgan fingerprint density at radius 2 is 1.76 bits per heavy atom. The van der Waals surface area contributed by atoms with Crippen molar-refractivity contribution in [1.29, 1.82) is 0 Å². The van der Waals surface area contributed by atoms with Gasteiger partial charge in [0.05, 0.1) is 29.5 Å². The number of alkyl halides is 1. The maximum atomic E-state index is 14.9. The molecule has 4 aliphatic rings. The van der Waals surface area contributed by atoms with Crippen LogP contribution in [0.25, 0.3) is 11.1 Å². The van der Waals surface area contributed by atoms with Crippen LogP contribution in [-0.4, -0.2) is 160 Å². The number of nitrogens with zero attached hydrogens (tertiary/aromatic N) is 6. The maximum absolute atomic E-state index is 14.9. The van der Waals surface area contributed by atoms with Gasteiger partial charge >= 0.3 is 12.1 Å². The molecule has 0 spiro atoms. The number of ketones is 1. The molecule has 6 heterocycles. The third-order valence-corrected chi connectivity index (χ3v) is 15.9. The lowest BCUT2D eigenvalue weighted by molar-refractivity contribution is -0.296. The van der Waals surface area contributed by atoms with Crippen LogP contribution < -0.4 is 5.32 Å². The van der Waals surface area contributed by atoms with Gasteiger partial charge in [0.2, 0.25) is 0 Å². The number of rotatable bonds is 14. The quantitative estimate of drug-likeness (QED) is 0.140. The minimum absolute atomic E-state index is 0.0845. The number of esters is 1. The van der Waals surface area contributed by atoms with Gasteiger partial charge in [-0.1, -0.05) is 63.2 Å². The minimum Gasteiger partial charge on any atom is -0.458 e. The Labute approximate surface area is 412 Å². The first-order valence-corrected chi connectivity index (χ1v) is 25.0. The van der Waals surface area contributed by atoms with Gasteiger partial charge in [0, 0.05) is 81.9 Å². The molecule has 70 heavy (non-hydrogen) atoms. The van der Waals surface area contributed by atoms with Crippen molar-refractivity contribution in [2.24, 2.45) is 23.7 Å². The van der Waals surface area contributed by atoms with Crippen LogP contribution in [-0.2, 0) is 44.4 Å². The van der Waals surface area contributed by atoms with Crippen molar-refractivity contribution in [3.8, 4) is 11.1 Å². The van der Waals surface area contributed by atoms with Gasteiger partial charge in [0.25, 0.3) is 0 Å². The number of Topliss-reactive ketones (excluding diaryl/α,β-unsaturated/α-hetero) is 1. The number of carbonyl (C=O) groups is 3. The van der Waals surface area contributed by atoms with Crippen LogP contribution >= 0.6 is 0 Å². The predicted molar refractivity (Wildman–Crippen MR) is 258 cm³/mol. The highest BCUT2D eigenvalue weighted by Gasteiger charge is 2.61. The molecule has 4 saturated heterocycles. The number of cyclic esters (lactones) is 1. The van der Waals surface area contributed by atoms with Gasteiger partial charge in [-0.25, -0.2) is 13.9 Å². The Morgan fingerprint density at radius 1 is 1.04 bits per heavy atom. The molecule has 4 fully saturated rings. The highest BCUT2D eigenvalue weighted by atomic mass is 19.1. The van der Waals surface area contributed by atoms with Crippen molar-refractivity contribution < 1.29 is 52.3 Å². The van der Waals surface area contributed by atoms with E-state index < -0.39 is 96.4 Å². The lowest BCUT2D eigenvalue weighted by atomic mass is 9.72. The number of methoxy groups -OCH3 is 2. The second-order valence-electron chi connectivity index (χ2n) is 20.7. The van der Waals surface area contributed by atoms with E-state index in [4.69, 9.17) is 28.4 Å². The molecule has 0 radical (unpaired) electrons. The fourth-order valence-corrected chi connectivity index (χ4v) is 11.9. The zero-order valence-corrected chi connectivity index (χ0v) is 43.0. The predicted octanol–water partition coefficient (Wildman–Crippen LogP) is 6.07. The number of ether oxygens (including phenoxy) is 6. The van der Waals surface area contributed by atoms with E-state index in [2.05, 4.69) is 34.5 Å². The van der Waals surface area contributed by atoms with E-state index in [1.165, 1.54) is 11.6 Å². The number of aromatic nitrogens is 4. The number of aryl methyl sites for hydroxylation is 1. The summed E-state index contributed by atoms with van der Waals surface area (Å²) in [5.41, 5.74) is 2.05. The van der Waals surface area contributed by atoms with Crippen LogP contribution in [0.4, 0.5) is 9.18 Å². The van der Waals surface area contributed by atoms with Crippen LogP contribution in [0.3, 0.4) is 0 Å². The standard InChI is InChI=1S/C52H76FN7O10/c1-13-41-52(9)46-32(5)42(54-21-23-59(46)50(64)70-52)29(2)25-51(8,66-12)47(33(6)43(61)34(7)48(63)68-41)69-49-44(62)39(24-31(4)67-49)58(10)22-20-38-28-60(57-56-38)40(26-53)45(65-11)36-18-16-35(17-19-36)37-15-14-30(3)55-27-37/h14-19,27-29,31-34,39-42,44-47,49,54,62H,13,20-26H2,1-12H3/t29-,31-,32+,33+,34-,39+,40-,41-,42+,44-,45-,46-,47-,49+,51-,52-/m1/s1. The summed E-state index contributed by atoms with van der Waals surface area (Å²) in [4.78, 5) is 50.2. The van der Waals surface area contributed by atoms with Crippen molar-refractivity contribution in [1.82, 2.24) is 35.1 Å². The number of likely N-dealkylation sites (N-methyl/N-ethyl adjacent to an activating group) is 1. The van der Waals surface area contributed by atoms with E-state index in [0.717, 1.165) is 22.4 Å². The molecule has 17 nitrogen and oxygen atoms in total. The van der Waals surface area contributed by atoms with E-state index in [0.29, 0.717) is 51.0 Å². The number of hydrogen-bond acceptors (Lipinski definition) is 15. The Hall–Kier alpha value is -4.43. The van der Waals surface area contributed by atoms with E-state index in [9.17, 15) is 23.9 Å². The summed E-state index contributed by atoms with van der Waals surface area (Å²) in [6, 6.07) is 10.0.